The molecule has 6 heteroatoms. The molecule has 0 unspecified atom stereocenters. The fourth-order valence-electron chi connectivity index (χ4n) is 5.91. The number of rotatable bonds is 4. The SMILES string of the molecule is COc1ccc(C2=NN3[C@@H](C2)c2cc(Br)ccc2OC32CCC(c3ccccc3)CC2)c(OC)c1. The van der Waals surface area contributed by atoms with Crippen molar-refractivity contribution < 1.29 is 14.2 Å². The van der Waals surface area contributed by atoms with Gasteiger partial charge in [-0.15, -0.1) is 0 Å². The molecule has 3 aliphatic rings. The van der Waals surface area contributed by atoms with Crippen LogP contribution in [0.15, 0.2) is 76.3 Å². The van der Waals surface area contributed by atoms with Crippen molar-refractivity contribution in [1.82, 2.24) is 5.01 Å². The molecule has 2 aliphatic heterocycles. The van der Waals surface area contributed by atoms with Crippen LogP contribution in [0.5, 0.6) is 17.2 Å². The van der Waals surface area contributed by atoms with E-state index in [9.17, 15) is 0 Å². The summed E-state index contributed by atoms with van der Waals surface area (Å²) < 4.78 is 19.0. The van der Waals surface area contributed by atoms with E-state index < -0.39 is 5.72 Å². The molecule has 1 fully saturated rings. The van der Waals surface area contributed by atoms with Gasteiger partial charge in [0, 0.05) is 40.9 Å². The van der Waals surface area contributed by atoms with E-state index in [1.54, 1.807) is 14.2 Å². The van der Waals surface area contributed by atoms with Gasteiger partial charge in [0.25, 0.3) is 0 Å². The molecular formula is C29H29BrN2O3. The number of hydrogen-bond acceptors (Lipinski definition) is 5. The van der Waals surface area contributed by atoms with Gasteiger partial charge >= 0.3 is 0 Å². The molecule has 5 nitrogen and oxygen atoms in total. The highest BCUT2D eigenvalue weighted by molar-refractivity contribution is 9.10. The maximum absolute atomic E-state index is 6.84. The molecule has 180 valence electrons. The van der Waals surface area contributed by atoms with Gasteiger partial charge in [0.2, 0.25) is 0 Å². The molecule has 35 heavy (non-hydrogen) atoms. The van der Waals surface area contributed by atoms with Crippen molar-refractivity contribution in [2.45, 2.75) is 49.8 Å². The van der Waals surface area contributed by atoms with Crippen molar-refractivity contribution in [3.05, 3.63) is 87.9 Å². The maximum atomic E-state index is 6.84. The van der Waals surface area contributed by atoms with Crippen molar-refractivity contribution >= 4 is 21.6 Å². The van der Waals surface area contributed by atoms with Gasteiger partial charge in [0.05, 0.1) is 26.0 Å². The fourth-order valence-corrected chi connectivity index (χ4v) is 6.29. The molecule has 0 bridgehead atoms. The van der Waals surface area contributed by atoms with Gasteiger partial charge in [-0.25, -0.2) is 5.01 Å². The predicted octanol–water partition coefficient (Wildman–Crippen LogP) is 7.06. The van der Waals surface area contributed by atoms with Crippen molar-refractivity contribution in [3.8, 4) is 17.2 Å². The molecule has 2 heterocycles. The third-order valence-electron chi connectivity index (χ3n) is 7.72. The van der Waals surface area contributed by atoms with Crippen LogP contribution in [-0.4, -0.2) is 30.7 Å². The molecule has 1 saturated carbocycles. The maximum Gasteiger partial charge on any atom is 0.198 e. The number of ether oxygens (including phenoxy) is 3. The zero-order valence-electron chi connectivity index (χ0n) is 20.0. The summed E-state index contributed by atoms with van der Waals surface area (Å²) in [6.45, 7) is 0. The van der Waals surface area contributed by atoms with Crippen LogP contribution in [0, 0.1) is 0 Å². The van der Waals surface area contributed by atoms with E-state index in [2.05, 4.69) is 75.5 Å². The largest absolute Gasteiger partial charge is 0.497 e. The Bertz CT molecular complexity index is 1270. The summed E-state index contributed by atoms with van der Waals surface area (Å²) in [5.74, 6) is 3.09. The topological polar surface area (TPSA) is 43.3 Å². The fraction of sp³-hybridized carbons (Fsp3) is 0.345. The van der Waals surface area contributed by atoms with Crippen molar-refractivity contribution in [2.24, 2.45) is 5.10 Å². The first-order valence-electron chi connectivity index (χ1n) is 12.2. The number of halogens is 1. The number of nitrogens with zero attached hydrogens (tertiary/aromatic N) is 2. The van der Waals surface area contributed by atoms with Crippen molar-refractivity contribution in [1.29, 1.82) is 0 Å². The van der Waals surface area contributed by atoms with Crippen LogP contribution in [0.1, 0.15) is 60.8 Å². The molecule has 0 saturated heterocycles. The molecule has 1 spiro atoms. The monoisotopic (exact) mass is 532 g/mol. The Morgan fingerprint density at radius 1 is 0.971 bits per heavy atom. The lowest BCUT2D eigenvalue weighted by molar-refractivity contribution is -0.142. The second kappa shape index (κ2) is 8.90. The molecule has 0 amide bonds. The highest BCUT2D eigenvalue weighted by atomic mass is 79.9. The summed E-state index contributed by atoms with van der Waals surface area (Å²) in [4.78, 5) is 0. The quantitative estimate of drug-likeness (QED) is 0.360. The average Bonchev–Trinajstić information content (AvgIpc) is 3.36. The molecule has 0 aromatic heterocycles. The second-order valence-corrected chi connectivity index (χ2v) is 10.5. The third kappa shape index (κ3) is 3.88. The Balaban J connectivity index is 1.37. The number of benzene rings is 3. The summed E-state index contributed by atoms with van der Waals surface area (Å²) in [7, 11) is 3.37. The molecular weight excluding hydrogens is 504 g/mol. The van der Waals surface area contributed by atoms with Gasteiger partial charge < -0.3 is 14.2 Å². The number of fused-ring (bicyclic) bond motifs is 4. The van der Waals surface area contributed by atoms with Crippen LogP contribution in [0.2, 0.25) is 0 Å². The third-order valence-corrected chi connectivity index (χ3v) is 8.21. The van der Waals surface area contributed by atoms with Crippen molar-refractivity contribution in [3.63, 3.8) is 0 Å². The summed E-state index contributed by atoms with van der Waals surface area (Å²) in [6, 6.07) is 23.3. The van der Waals surface area contributed by atoms with E-state index >= 15 is 0 Å². The van der Waals surface area contributed by atoms with Crippen LogP contribution < -0.4 is 14.2 Å². The predicted molar refractivity (Wildman–Crippen MR) is 140 cm³/mol. The Kier molecular flexibility index (Phi) is 5.72. The summed E-state index contributed by atoms with van der Waals surface area (Å²) >= 11 is 3.66. The Morgan fingerprint density at radius 2 is 1.77 bits per heavy atom. The lowest BCUT2D eigenvalue weighted by Gasteiger charge is -2.50. The Morgan fingerprint density at radius 3 is 2.51 bits per heavy atom. The molecule has 3 aromatic carbocycles. The minimum atomic E-state index is -0.432. The molecule has 0 N–H and O–H groups in total. The van der Waals surface area contributed by atoms with Crippen LogP contribution in [0.4, 0.5) is 0 Å². The highest BCUT2D eigenvalue weighted by Gasteiger charge is 2.52. The van der Waals surface area contributed by atoms with Crippen LogP contribution in [0.3, 0.4) is 0 Å². The van der Waals surface area contributed by atoms with Crippen LogP contribution >= 0.6 is 15.9 Å². The Hall–Kier alpha value is -2.99. The molecule has 6 rings (SSSR count). The minimum Gasteiger partial charge on any atom is -0.497 e. The van der Waals surface area contributed by atoms with Gasteiger partial charge in [-0.3, -0.25) is 0 Å². The van der Waals surface area contributed by atoms with E-state index in [0.29, 0.717) is 5.92 Å². The summed E-state index contributed by atoms with van der Waals surface area (Å²) in [5, 5.41) is 7.50. The normalized spacial score (nSPS) is 24.9. The van der Waals surface area contributed by atoms with E-state index in [1.165, 1.54) is 11.1 Å². The zero-order chi connectivity index (χ0) is 24.0. The van der Waals surface area contributed by atoms with E-state index in [1.807, 2.05) is 12.1 Å². The Labute approximate surface area is 214 Å². The van der Waals surface area contributed by atoms with Gasteiger partial charge in [-0.2, -0.15) is 5.10 Å². The van der Waals surface area contributed by atoms with Crippen LogP contribution in [-0.2, 0) is 0 Å². The zero-order valence-corrected chi connectivity index (χ0v) is 21.6. The van der Waals surface area contributed by atoms with Gasteiger partial charge in [-0.1, -0.05) is 46.3 Å². The standard InChI is InChI=1S/C29H29BrN2O3/c1-33-22-9-10-23(28(17-22)34-2)25-18-26-24-16-21(30)8-11-27(24)35-29(32(26)31-25)14-12-20(13-15-29)19-6-4-3-5-7-19/h3-11,16-17,20,26H,12-15,18H2,1-2H3/t20?,26-,29?/m0/s1. The molecule has 1 atom stereocenters. The van der Waals surface area contributed by atoms with E-state index in [-0.39, 0.29) is 6.04 Å². The van der Waals surface area contributed by atoms with E-state index in [4.69, 9.17) is 19.3 Å². The summed E-state index contributed by atoms with van der Waals surface area (Å²) in [6.07, 6.45) is 4.84. The average molecular weight is 533 g/mol. The first-order chi connectivity index (χ1) is 17.1. The number of hydrazone groups is 1. The van der Waals surface area contributed by atoms with Gasteiger partial charge in [0.15, 0.2) is 5.72 Å². The van der Waals surface area contributed by atoms with E-state index in [0.717, 1.165) is 65.1 Å². The first-order valence-corrected chi connectivity index (χ1v) is 13.0. The molecule has 1 aliphatic carbocycles. The number of methoxy groups -OCH3 is 2. The van der Waals surface area contributed by atoms with Gasteiger partial charge in [-0.05, 0) is 54.7 Å². The molecule has 3 aromatic rings. The van der Waals surface area contributed by atoms with Gasteiger partial charge in [0.1, 0.15) is 17.2 Å². The van der Waals surface area contributed by atoms with Crippen molar-refractivity contribution in [2.75, 3.05) is 14.2 Å². The molecule has 0 radical (unpaired) electrons. The lowest BCUT2D eigenvalue weighted by atomic mass is 9.78. The van der Waals surface area contributed by atoms with Crippen LogP contribution in [0.25, 0.3) is 0 Å². The number of hydrogen-bond donors (Lipinski definition) is 0. The highest BCUT2D eigenvalue weighted by Crippen LogP contribution is 2.53. The first kappa shape index (κ1) is 22.5. The summed E-state index contributed by atoms with van der Waals surface area (Å²) in [5.41, 5.74) is 4.20. The minimum absolute atomic E-state index is 0.131. The smallest absolute Gasteiger partial charge is 0.198 e. The lowest BCUT2D eigenvalue weighted by Crippen LogP contribution is -2.55. The second-order valence-electron chi connectivity index (χ2n) is 9.59.